The number of fused-ring (bicyclic) bond motifs is 1. The second-order valence-electron chi connectivity index (χ2n) is 9.69. The van der Waals surface area contributed by atoms with Crippen molar-refractivity contribution in [1.29, 1.82) is 0 Å². The molecule has 0 aliphatic heterocycles. The predicted molar refractivity (Wildman–Crippen MR) is 108 cm³/mol. The molecular weight excluding hydrogens is 342 g/mol. The quantitative estimate of drug-likeness (QED) is 0.390. The number of ether oxygens (including phenoxy) is 1. The fourth-order valence-corrected chi connectivity index (χ4v) is 6.17. The van der Waals surface area contributed by atoms with Crippen molar-refractivity contribution in [1.82, 2.24) is 0 Å². The third-order valence-corrected chi connectivity index (χ3v) is 7.79. The minimum absolute atomic E-state index is 0.222. The summed E-state index contributed by atoms with van der Waals surface area (Å²) in [7, 11) is 0. The largest absolute Gasteiger partial charge is 0.358 e. The van der Waals surface area contributed by atoms with Crippen LogP contribution in [0.25, 0.3) is 0 Å². The Bertz CT molecular complexity index is 455. The van der Waals surface area contributed by atoms with Crippen molar-refractivity contribution in [3.8, 4) is 0 Å². The van der Waals surface area contributed by atoms with Crippen LogP contribution in [-0.2, 0) is 4.74 Å². The van der Waals surface area contributed by atoms with Gasteiger partial charge in [0, 0.05) is 0 Å². The Morgan fingerprint density at radius 3 is 2.26 bits per heavy atom. The second kappa shape index (κ2) is 9.85. The first-order valence-corrected chi connectivity index (χ1v) is 11.7. The van der Waals surface area contributed by atoms with E-state index in [4.69, 9.17) is 4.74 Å². The minimum Gasteiger partial charge on any atom is -0.317 e. The lowest BCUT2D eigenvalue weighted by atomic mass is 9.64. The number of rotatable bonds is 8. The monoisotopic (exact) mass is 382 g/mol. The van der Waals surface area contributed by atoms with Gasteiger partial charge in [0.1, 0.15) is 0 Å². The molecule has 1 nitrogen and oxygen atoms in total. The Kier molecular flexibility index (Phi) is 7.76. The van der Waals surface area contributed by atoms with Crippen LogP contribution in [0.4, 0.5) is 8.78 Å². The summed E-state index contributed by atoms with van der Waals surface area (Å²) in [6, 6.07) is 0. The summed E-state index contributed by atoms with van der Waals surface area (Å²) in [5.74, 6) is 2.13. The van der Waals surface area contributed by atoms with Gasteiger partial charge in [0.2, 0.25) is 0 Å². The van der Waals surface area contributed by atoms with Crippen molar-refractivity contribution in [2.75, 3.05) is 0 Å². The van der Waals surface area contributed by atoms with Gasteiger partial charge in [-0.1, -0.05) is 32.3 Å². The number of hydrogen-bond donors (Lipinski definition) is 0. The summed E-state index contributed by atoms with van der Waals surface area (Å²) in [4.78, 5) is 0. The molecule has 156 valence electrons. The molecule has 3 rings (SSSR count). The Balaban J connectivity index is 1.46. The standard InChI is InChI=1S/C24H40F2O/c1-3-5-7-19-8-11-21-17-22(13-12-20(21)16-19)24(25,26)27-23-14-9-18(6-4-2)10-15-23/h3,18-23H,1,4-17H2,2H3. The van der Waals surface area contributed by atoms with E-state index in [-0.39, 0.29) is 6.10 Å². The van der Waals surface area contributed by atoms with E-state index in [0.29, 0.717) is 24.7 Å². The molecule has 0 bridgehead atoms. The van der Waals surface area contributed by atoms with Crippen LogP contribution < -0.4 is 0 Å². The molecular formula is C24H40F2O. The van der Waals surface area contributed by atoms with Crippen LogP contribution in [0.1, 0.15) is 96.8 Å². The van der Waals surface area contributed by atoms with E-state index in [1.54, 1.807) is 0 Å². The van der Waals surface area contributed by atoms with Crippen molar-refractivity contribution < 1.29 is 13.5 Å². The number of alkyl halides is 2. The first-order valence-electron chi connectivity index (χ1n) is 11.7. The zero-order valence-electron chi connectivity index (χ0n) is 17.3. The van der Waals surface area contributed by atoms with E-state index in [2.05, 4.69) is 13.5 Å². The highest BCUT2D eigenvalue weighted by Gasteiger charge is 2.48. The van der Waals surface area contributed by atoms with Gasteiger partial charge in [-0.3, -0.25) is 0 Å². The summed E-state index contributed by atoms with van der Waals surface area (Å²) >= 11 is 0. The summed E-state index contributed by atoms with van der Waals surface area (Å²) in [5, 5.41) is 0. The van der Waals surface area contributed by atoms with Crippen LogP contribution >= 0.6 is 0 Å². The molecule has 3 aliphatic carbocycles. The second-order valence-corrected chi connectivity index (χ2v) is 9.69. The van der Waals surface area contributed by atoms with Crippen molar-refractivity contribution in [2.24, 2.45) is 29.6 Å². The highest BCUT2D eigenvalue weighted by molar-refractivity contribution is 4.89. The maximum atomic E-state index is 14.9. The number of hydrogen-bond acceptors (Lipinski definition) is 1. The third-order valence-electron chi connectivity index (χ3n) is 7.79. The Labute approximate surface area is 165 Å². The predicted octanol–water partition coefficient (Wildman–Crippen LogP) is 7.75. The smallest absolute Gasteiger partial charge is 0.317 e. The molecule has 0 saturated heterocycles. The number of allylic oxidation sites excluding steroid dienone is 1. The molecule has 0 radical (unpaired) electrons. The van der Waals surface area contributed by atoms with E-state index in [0.717, 1.165) is 56.8 Å². The molecule has 3 saturated carbocycles. The van der Waals surface area contributed by atoms with Gasteiger partial charge in [-0.05, 0) is 94.3 Å². The van der Waals surface area contributed by atoms with E-state index in [9.17, 15) is 8.78 Å². The lowest BCUT2D eigenvalue weighted by Crippen LogP contribution is -2.42. The fourth-order valence-electron chi connectivity index (χ4n) is 6.17. The normalized spacial score (nSPS) is 37.6. The van der Waals surface area contributed by atoms with Crippen LogP contribution in [0.3, 0.4) is 0 Å². The van der Waals surface area contributed by atoms with Crippen LogP contribution in [0, 0.1) is 29.6 Å². The Morgan fingerprint density at radius 2 is 1.56 bits per heavy atom. The maximum absolute atomic E-state index is 14.9. The molecule has 4 atom stereocenters. The van der Waals surface area contributed by atoms with Crippen molar-refractivity contribution in [3.05, 3.63) is 12.7 Å². The molecule has 0 N–H and O–H groups in total. The highest BCUT2D eigenvalue weighted by Crippen LogP contribution is 2.50. The average Bonchev–Trinajstić information content (AvgIpc) is 2.67. The highest BCUT2D eigenvalue weighted by atomic mass is 19.3. The van der Waals surface area contributed by atoms with E-state index < -0.39 is 12.0 Å². The molecule has 0 spiro atoms. The summed E-state index contributed by atoms with van der Waals surface area (Å²) in [6.45, 7) is 6.04. The minimum atomic E-state index is -2.92. The van der Waals surface area contributed by atoms with Gasteiger partial charge >= 0.3 is 6.11 Å². The zero-order chi connectivity index (χ0) is 19.3. The van der Waals surface area contributed by atoms with Gasteiger partial charge in [-0.25, -0.2) is 0 Å². The lowest BCUT2D eigenvalue weighted by Gasteiger charge is -2.44. The van der Waals surface area contributed by atoms with Gasteiger partial charge in [-0.15, -0.1) is 6.58 Å². The van der Waals surface area contributed by atoms with Crippen LogP contribution in [0.15, 0.2) is 12.7 Å². The van der Waals surface area contributed by atoms with Crippen molar-refractivity contribution >= 4 is 0 Å². The lowest BCUT2D eigenvalue weighted by molar-refractivity contribution is -0.304. The summed E-state index contributed by atoms with van der Waals surface area (Å²) < 4.78 is 35.3. The summed E-state index contributed by atoms with van der Waals surface area (Å²) in [6.07, 6.45) is 13.3. The third kappa shape index (κ3) is 5.78. The van der Waals surface area contributed by atoms with Gasteiger partial charge in [0.25, 0.3) is 0 Å². The van der Waals surface area contributed by atoms with E-state index >= 15 is 0 Å². The van der Waals surface area contributed by atoms with Gasteiger partial charge < -0.3 is 4.74 Å². The molecule has 0 aromatic carbocycles. The zero-order valence-corrected chi connectivity index (χ0v) is 17.3. The average molecular weight is 383 g/mol. The molecule has 0 aromatic rings. The SMILES string of the molecule is C=CCCC1CCC2CC(C(F)(F)OC3CCC(CCC)CC3)CCC2C1. The number of halogens is 2. The molecule has 3 fully saturated rings. The molecule has 0 aromatic heterocycles. The maximum Gasteiger partial charge on any atom is 0.358 e. The van der Waals surface area contributed by atoms with Crippen molar-refractivity contribution in [2.45, 2.75) is 109 Å². The summed E-state index contributed by atoms with van der Waals surface area (Å²) in [5.41, 5.74) is 0. The molecule has 0 heterocycles. The van der Waals surface area contributed by atoms with Crippen LogP contribution in [0.5, 0.6) is 0 Å². The first-order chi connectivity index (χ1) is 13.0. The topological polar surface area (TPSA) is 9.23 Å². The van der Waals surface area contributed by atoms with Gasteiger partial charge in [0.05, 0.1) is 12.0 Å². The Morgan fingerprint density at radius 1 is 0.889 bits per heavy atom. The van der Waals surface area contributed by atoms with Gasteiger partial charge in [-0.2, -0.15) is 8.78 Å². The molecule has 27 heavy (non-hydrogen) atoms. The van der Waals surface area contributed by atoms with Crippen molar-refractivity contribution in [3.63, 3.8) is 0 Å². The molecule has 0 amide bonds. The molecule has 4 unspecified atom stereocenters. The Hall–Kier alpha value is -0.440. The van der Waals surface area contributed by atoms with Gasteiger partial charge in [0.15, 0.2) is 0 Å². The van der Waals surface area contributed by atoms with E-state index in [1.807, 2.05) is 6.08 Å². The molecule has 3 heteroatoms. The first kappa shape index (κ1) is 21.3. The van der Waals surface area contributed by atoms with E-state index in [1.165, 1.54) is 32.1 Å². The van der Waals surface area contributed by atoms with Crippen LogP contribution in [-0.4, -0.2) is 12.2 Å². The molecule has 3 aliphatic rings. The fraction of sp³-hybridized carbons (Fsp3) is 0.917. The van der Waals surface area contributed by atoms with Crippen LogP contribution in [0.2, 0.25) is 0 Å².